The third kappa shape index (κ3) is 3.29. The van der Waals surface area contributed by atoms with Crippen molar-refractivity contribution < 1.29 is 0 Å². The van der Waals surface area contributed by atoms with Gasteiger partial charge in [-0.2, -0.15) is 0 Å². The van der Waals surface area contributed by atoms with Crippen LogP contribution in [0, 0.1) is 6.92 Å². The number of nitrogens with zero attached hydrogens (tertiary/aromatic N) is 1. The molecule has 2 heteroatoms. The third-order valence-corrected chi connectivity index (χ3v) is 6.30. The van der Waals surface area contributed by atoms with Gasteiger partial charge in [0, 0.05) is 11.6 Å². The van der Waals surface area contributed by atoms with Gasteiger partial charge in [-0.25, -0.2) is 0 Å². The first-order valence-corrected chi connectivity index (χ1v) is 10.7. The minimum Gasteiger partial charge on any atom is -0.397 e. The van der Waals surface area contributed by atoms with Gasteiger partial charge in [0.15, 0.2) is 0 Å². The highest BCUT2D eigenvalue weighted by atomic mass is 14.7. The number of hydrogen-bond donors (Lipinski definition) is 1. The molecule has 0 saturated heterocycles. The van der Waals surface area contributed by atoms with Gasteiger partial charge in [0.05, 0.1) is 11.2 Å². The number of pyridine rings is 1. The molecule has 0 atom stereocenters. The molecule has 6 rings (SSSR count). The van der Waals surface area contributed by atoms with Crippen LogP contribution in [0.4, 0.5) is 5.69 Å². The SMILES string of the molecule is Cc1cccc2c3c(ccc12)C1=C(CCC=C1)CC3.Nc1cccc2cccnc12. The highest BCUT2D eigenvalue weighted by molar-refractivity contribution is 5.95. The van der Waals surface area contributed by atoms with Crippen LogP contribution in [0.25, 0.3) is 27.2 Å². The second-order valence-electron chi connectivity index (χ2n) is 8.14. The van der Waals surface area contributed by atoms with E-state index < -0.39 is 0 Å². The van der Waals surface area contributed by atoms with E-state index in [-0.39, 0.29) is 0 Å². The fourth-order valence-corrected chi connectivity index (χ4v) is 4.75. The zero-order chi connectivity index (χ0) is 20.5. The molecule has 0 amide bonds. The van der Waals surface area contributed by atoms with E-state index in [2.05, 4.69) is 54.4 Å². The Morgan fingerprint density at radius 2 is 1.70 bits per heavy atom. The number of nitrogen functional groups attached to an aromatic ring is 1. The summed E-state index contributed by atoms with van der Waals surface area (Å²) in [5.74, 6) is 0. The highest BCUT2D eigenvalue weighted by Crippen LogP contribution is 2.40. The average Bonchev–Trinajstić information content (AvgIpc) is 2.80. The van der Waals surface area contributed by atoms with Gasteiger partial charge in [-0.1, -0.05) is 66.3 Å². The van der Waals surface area contributed by atoms with E-state index in [9.17, 15) is 0 Å². The summed E-state index contributed by atoms with van der Waals surface area (Å²) in [5.41, 5.74) is 14.9. The topological polar surface area (TPSA) is 38.9 Å². The fraction of sp³-hybridized carbons (Fsp3) is 0.179. The number of hydrogen-bond acceptors (Lipinski definition) is 2. The monoisotopic (exact) mass is 390 g/mol. The molecule has 2 aliphatic rings. The van der Waals surface area contributed by atoms with E-state index in [0.29, 0.717) is 0 Å². The van der Waals surface area contributed by atoms with Crippen molar-refractivity contribution in [3.05, 3.63) is 101 Å². The molecule has 4 aromatic rings. The van der Waals surface area contributed by atoms with Crippen molar-refractivity contribution in [3.63, 3.8) is 0 Å². The van der Waals surface area contributed by atoms with Crippen molar-refractivity contribution in [2.24, 2.45) is 0 Å². The molecule has 30 heavy (non-hydrogen) atoms. The predicted octanol–water partition coefficient (Wildman–Crippen LogP) is 7.02. The molecule has 3 aromatic carbocycles. The van der Waals surface area contributed by atoms with E-state index in [1.807, 2.05) is 30.3 Å². The van der Waals surface area contributed by atoms with Gasteiger partial charge in [0.25, 0.3) is 0 Å². The van der Waals surface area contributed by atoms with Gasteiger partial charge in [-0.05, 0) is 77.8 Å². The summed E-state index contributed by atoms with van der Waals surface area (Å²) < 4.78 is 0. The first-order valence-electron chi connectivity index (χ1n) is 10.7. The van der Waals surface area contributed by atoms with Crippen molar-refractivity contribution in [3.8, 4) is 0 Å². The number of allylic oxidation sites excluding steroid dienone is 4. The summed E-state index contributed by atoms with van der Waals surface area (Å²) >= 11 is 0. The summed E-state index contributed by atoms with van der Waals surface area (Å²) in [6, 6.07) is 21.0. The van der Waals surface area contributed by atoms with Crippen molar-refractivity contribution in [2.75, 3.05) is 5.73 Å². The number of nitrogens with two attached hydrogens (primary N) is 1. The number of fused-ring (bicyclic) bond motifs is 5. The normalized spacial score (nSPS) is 14.8. The molecule has 1 heterocycles. The summed E-state index contributed by atoms with van der Waals surface area (Å²) in [6.07, 6.45) is 11.4. The summed E-state index contributed by atoms with van der Waals surface area (Å²) in [5, 5.41) is 3.97. The van der Waals surface area contributed by atoms with Gasteiger partial charge in [-0.15, -0.1) is 0 Å². The van der Waals surface area contributed by atoms with E-state index in [1.165, 1.54) is 53.2 Å². The van der Waals surface area contributed by atoms with Gasteiger partial charge in [0.1, 0.15) is 0 Å². The van der Waals surface area contributed by atoms with Crippen molar-refractivity contribution >= 4 is 32.9 Å². The van der Waals surface area contributed by atoms with Crippen molar-refractivity contribution in [1.82, 2.24) is 4.98 Å². The molecule has 0 saturated carbocycles. The van der Waals surface area contributed by atoms with Gasteiger partial charge in [0.2, 0.25) is 0 Å². The van der Waals surface area contributed by atoms with Crippen LogP contribution in [-0.4, -0.2) is 4.98 Å². The lowest BCUT2D eigenvalue weighted by Crippen LogP contribution is -2.07. The first kappa shape index (κ1) is 18.6. The van der Waals surface area contributed by atoms with Crippen molar-refractivity contribution in [1.29, 1.82) is 0 Å². The van der Waals surface area contributed by atoms with Crippen LogP contribution in [0.2, 0.25) is 0 Å². The Morgan fingerprint density at radius 3 is 2.60 bits per heavy atom. The van der Waals surface area contributed by atoms with Crippen LogP contribution in [0.3, 0.4) is 0 Å². The van der Waals surface area contributed by atoms with Crippen molar-refractivity contribution in [2.45, 2.75) is 32.6 Å². The lowest BCUT2D eigenvalue weighted by molar-refractivity contribution is 0.831. The second kappa shape index (κ2) is 7.79. The lowest BCUT2D eigenvalue weighted by atomic mass is 9.79. The number of aromatic nitrogens is 1. The predicted molar refractivity (Wildman–Crippen MR) is 128 cm³/mol. The molecule has 148 valence electrons. The van der Waals surface area contributed by atoms with Crippen LogP contribution < -0.4 is 5.73 Å². The van der Waals surface area contributed by atoms with E-state index >= 15 is 0 Å². The average molecular weight is 391 g/mol. The molecule has 2 N–H and O–H groups in total. The molecule has 2 aliphatic carbocycles. The Kier molecular flexibility index (Phi) is 4.84. The Balaban J connectivity index is 0.000000149. The minimum atomic E-state index is 0.739. The lowest BCUT2D eigenvalue weighted by Gasteiger charge is -2.25. The number of aryl methyl sites for hydroxylation is 2. The standard InChI is InChI=1S/C19H18.C9H8N2/c1-13-5-4-8-17-15(13)11-12-18-16-7-3-2-6-14(16)9-10-19(17)18;10-8-5-1-3-7-4-2-6-11-9(7)8/h3-5,7-8,11-12H,2,6,9-10H2,1H3;1-6H,10H2. The Hall–Kier alpha value is -3.39. The largest absolute Gasteiger partial charge is 0.397 e. The highest BCUT2D eigenvalue weighted by Gasteiger charge is 2.20. The number of para-hydroxylation sites is 1. The number of benzene rings is 3. The summed E-state index contributed by atoms with van der Waals surface area (Å²) in [6.45, 7) is 2.21. The molecule has 0 radical (unpaired) electrons. The van der Waals surface area contributed by atoms with Gasteiger partial charge in [-0.3, -0.25) is 4.98 Å². The quantitative estimate of drug-likeness (QED) is 0.328. The van der Waals surface area contributed by atoms with Crippen LogP contribution in [-0.2, 0) is 6.42 Å². The molecular formula is C28H26N2. The summed E-state index contributed by atoms with van der Waals surface area (Å²) in [4.78, 5) is 4.16. The van der Waals surface area contributed by atoms with Gasteiger partial charge < -0.3 is 5.73 Å². The number of anilines is 1. The molecule has 2 nitrogen and oxygen atoms in total. The zero-order valence-corrected chi connectivity index (χ0v) is 17.4. The van der Waals surface area contributed by atoms with E-state index in [1.54, 1.807) is 17.3 Å². The Morgan fingerprint density at radius 1 is 0.833 bits per heavy atom. The maximum Gasteiger partial charge on any atom is 0.0931 e. The molecule has 0 aliphatic heterocycles. The fourth-order valence-electron chi connectivity index (χ4n) is 4.75. The molecule has 0 bridgehead atoms. The summed E-state index contributed by atoms with van der Waals surface area (Å²) in [7, 11) is 0. The van der Waals surface area contributed by atoms with Crippen LogP contribution in [0.1, 0.15) is 36.0 Å². The maximum atomic E-state index is 5.69. The molecule has 1 aromatic heterocycles. The second-order valence-corrected chi connectivity index (χ2v) is 8.14. The van der Waals surface area contributed by atoms with Gasteiger partial charge >= 0.3 is 0 Å². The first-order chi connectivity index (χ1) is 14.7. The van der Waals surface area contributed by atoms with E-state index in [4.69, 9.17) is 5.73 Å². The maximum absolute atomic E-state index is 5.69. The van der Waals surface area contributed by atoms with Crippen LogP contribution in [0.5, 0.6) is 0 Å². The molecular weight excluding hydrogens is 364 g/mol. The molecule has 0 fully saturated rings. The minimum absolute atomic E-state index is 0.739. The Labute approximate surface area is 177 Å². The zero-order valence-electron chi connectivity index (χ0n) is 17.4. The van der Waals surface area contributed by atoms with Crippen LogP contribution >= 0.6 is 0 Å². The Bertz CT molecular complexity index is 1310. The third-order valence-electron chi connectivity index (χ3n) is 6.30. The smallest absolute Gasteiger partial charge is 0.0931 e. The molecule has 0 unspecified atom stereocenters. The van der Waals surface area contributed by atoms with Crippen LogP contribution in [0.15, 0.2) is 84.6 Å². The number of rotatable bonds is 0. The van der Waals surface area contributed by atoms with E-state index in [0.717, 1.165) is 16.6 Å². The molecule has 0 spiro atoms.